The molecule has 2 heterocycles. The number of nitrogens with one attached hydrogen (secondary N) is 2. The number of hydrogen-bond donors (Lipinski definition) is 2. The van der Waals surface area contributed by atoms with E-state index in [9.17, 15) is 14.0 Å². The monoisotopic (exact) mass is 344 g/mol. The molecule has 1 saturated heterocycles. The van der Waals surface area contributed by atoms with Gasteiger partial charge in [0.2, 0.25) is 5.95 Å². The summed E-state index contributed by atoms with van der Waals surface area (Å²) in [4.78, 5) is 33.2. The highest BCUT2D eigenvalue weighted by molar-refractivity contribution is 5.94. The van der Waals surface area contributed by atoms with Crippen LogP contribution in [0, 0.1) is 11.7 Å². The summed E-state index contributed by atoms with van der Waals surface area (Å²) in [7, 11) is 0. The third-order valence-corrected chi connectivity index (χ3v) is 4.38. The molecule has 25 heavy (non-hydrogen) atoms. The maximum atomic E-state index is 13.2. The van der Waals surface area contributed by atoms with Gasteiger partial charge in [0.1, 0.15) is 5.82 Å². The molecule has 0 radical (unpaired) electrons. The highest BCUT2D eigenvalue weighted by Gasteiger charge is 2.18. The van der Waals surface area contributed by atoms with Crippen LogP contribution in [0.2, 0.25) is 0 Å². The van der Waals surface area contributed by atoms with Crippen molar-refractivity contribution in [2.75, 3.05) is 18.0 Å². The predicted molar refractivity (Wildman–Crippen MR) is 93.0 cm³/mol. The molecule has 0 spiro atoms. The maximum Gasteiger partial charge on any atom is 0.252 e. The van der Waals surface area contributed by atoms with Gasteiger partial charge in [-0.05, 0) is 37.0 Å². The third-order valence-electron chi connectivity index (χ3n) is 4.38. The Hall–Kier alpha value is -2.70. The zero-order valence-electron chi connectivity index (χ0n) is 14.1. The van der Waals surface area contributed by atoms with E-state index in [1.165, 1.54) is 30.3 Å². The molecule has 1 aromatic heterocycles. The molecule has 1 amide bonds. The number of halogens is 1. The first kappa shape index (κ1) is 17.1. The number of anilines is 1. The van der Waals surface area contributed by atoms with Crippen LogP contribution < -0.4 is 15.8 Å². The van der Waals surface area contributed by atoms with Crippen molar-refractivity contribution >= 4 is 11.9 Å². The number of rotatable bonds is 4. The fourth-order valence-electron chi connectivity index (χ4n) is 2.86. The van der Waals surface area contributed by atoms with E-state index in [2.05, 4.69) is 27.1 Å². The number of aromatic nitrogens is 2. The van der Waals surface area contributed by atoms with Crippen LogP contribution in [0.1, 0.15) is 35.8 Å². The second kappa shape index (κ2) is 7.46. The zero-order valence-corrected chi connectivity index (χ0v) is 14.1. The van der Waals surface area contributed by atoms with Crippen LogP contribution in [0.3, 0.4) is 0 Å². The van der Waals surface area contributed by atoms with E-state index in [-0.39, 0.29) is 17.7 Å². The Morgan fingerprint density at radius 2 is 2.12 bits per heavy atom. The molecule has 0 bridgehead atoms. The number of benzene rings is 1. The minimum Gasteiger partial charge on any atom is -0.346 e. The highest BCUT2D eigenvalue weighted by Crippen LogP contribution is 2.19. The second-order valence-electron chi connectivity index (χ2n) is 6.42. The molecule has 0 unspecified atom stereocenters. The van der Waals surface area contributed by atoms with Crippen molar-refractivity contribution in [3.63, 3.8) is 0 Å². The minimum absolute atomic E-state index is 0.108. The number of carbonyl (C=O) groups excluding carboxylic acids is 1. The molecule has 132 valence electrons. The molecule has 0 aliphatic carbocycles. The van der Waals surface area contributed by atoms with Crippen molar-refractivity contribution in [3.05, 3.63) is 57.8 Å². The molecule has 3 rings (SSSR count). The number of piperidine rings is 1. The van der Waals surface area contributed by atoms with Crippen molar-refractivity contribution in [2.24, 2.45) is 5.92 Å². The van der Waals surface area contributed by atoms with Gasteiger partial charge in [-0.25, -0.2) is 9.37 Å². The quantitative estimate of drug-likeness (QED) is 0.890. The van der Waals surface area contributed by atoms with Crippen molar-refractivity contribution in [1.29, 1.82) is 0 Å². The minimum atomic E-state index is -0.469. The summed E-state index contributed by atoms with van der Waals surface area (Å²) in [6.07, 6.45) is 2.12. The third kappa shape index (κ3) is 4.43. The lowest BCUT2D eigenvalue weighted by atomic mass is 10.00. The van der Waals surface area contributed by atoms with Crippen molar-refractivity contribution in [2.45, 2.75) is 26.3 Å². The second-order valence-corrected chi connectivity index (χ2v) is 6.42. The van der Waals surface area contributed by atoms with Crippen LogP contribution in [0.5, 0.6) is 0 Å². The van der Waals surface area contributed by atoms with E-state index < -0.39 is 11.7 Å². The van der Waals surface area contributed by atoms with Gasteiger partial charge >= 0.3 is 0 Å². The van der Waals surface area contributed by atoms with Gasteiger partial charge in [0.05, 0.1) is 12.2 Å². The molecule has 1 fully saturated rings. The number of nitrogens with zero attached hydrogens (tertiary/aromatic N) is 2. The van der Waals surface area contributed by atoms with Crippen LogP contribution >= 0.6 is 0 Å². The first-order valence-corrected chi connectivity index (χ1v) is 8.40. The number of amides is 1. The smallest absolute Gasteiger partial charge is 0.252 e. The molecule has 0 atom stereocenters. The van der Waals surface area contributed by atoms with E-state index in [4.69, 9.17) is 0 Å². The number of hydrogen-bond acceptors (Lipinski definition) is 4. The van der Waals surface area contributed by atoms with Gasteiger partial charge < -0.3 is 10.2 Å². The summed E-state index contributed by atoms with van der Waals surface area (Å²) in [5, 5.41) is 2.67. The fourth-order valence-corrected chi connectivity index (χ4v) is 2.86. The van der Waals surface area contributed by atoms with Crippen molar-refractivity contribution < 1.29 is 9.18 Å². The van der Waals surface area contributed by atoms with Gasteiger partial charge in [-0.3, -0.25) is 14.6 Å². The Kier molecular flexibility index (Phi) is 5.11. The van der Waals surface area contributed by atoms with Crippen LogP contribution in [-0.4, -0.2) is 29.0 Å². The van der Waals surface area contributed by atoms with Crippen molar-refractivity contribution in [3.8, 4) is 0 Å². The maximum absolute atomic E-state index is 13.2. The predicted octanol–water partition coefficient (Wildman–Crippen LogP) is 2.08. The van der Waals surface area contributed by atoms with Gasteiger partial charge in [0, 0.05) is 24.7 Å². The molecule has 2 aromatic rings. The number of aromatic amines is 1. The average molecular weight is 344 g/mol. The lowest BCUT2D eigenvalue weighted by Crippen LogP contribution is -2.35. The van der Waals surface area contributed by atoms with Crippen molar-refractivity contribution in [1.82, 2.24) is 15.3 Å². The summed E-state index contributed by atoms with van der Waals surface area (Å²) in [6, 6.07) is 6.82. The van der Waals surface area contributed by atoms with Gasteiger partial charge in [-0.1, -0.05) is 13.0 Å². The molecule has 2 N–H and O–H groups in total. The summed E-state index contributed by atoms with van der Waals surface area (Å²) in [5.41, 5.74) is 0.454. The van der Waals surface area contributed by atoms with Crippen LogP contribution in [0.4, 0.5) is 10.3 Å². The Balaban J connectivity index is 1.68. The van der Waals surface area contributed by atoms with Gasteiger partial charge in [-0.2, -0.15) is 0 Å². The largest absolute Gasteiger partial charge is 0.346 e. The first-order valence-electron chi connectivity index (χ1n) is 8.40. The lowest BCUT2D eigenvalue weighted by molar-refractivity contribution is 0.0950. The Morgan fingerprint density at radius 1 is 1.36 bits per heavy atom. The normalized spacial score (nSPS) is 15.2. The molecular weight excluding hydrogens is 323 g/mol. The summed E-state index contributed by atoms with van der Waals surface area (Å²) in [5.74, 6) is 0.338. The van der Waals surface area contributed by atoms with Gasteiger partial charge in [-0.15, -0.1) is 0 Å². The van der Waals surface area contributed by atoms with Gasteiger partial charge in [0.15, 0.2) is 0 Å². The number of carbonyl (C=O) groups is 1. The topological polar surface area (TPSA) is 78.1 Å². The number of H-pyrrole nitrogens is 1. The molecule has 1 aromatic carbocycles. The molecule has 1 aliphatic rings. The Bertz CT molecular complexity index is 813. The van der Waals surface area contributed by atoms with Crippen LogP contribution in [0.15, 0.2) is 35.1 Å². The first-order chi connectivity index (χ1) is 12.0. The summed E-state index contributed by atoms with van der Waals surface area (Å²) in [6.45, 7) is 4.02. The van der Waals surface area contributed by atoms with Crippen LogP contribution in [0.25, 0.3) is 0 Å². The summed E-state index contributed by atoms with van der Waals surface area (Å²) < 4.78 is 13.2. The molecule has 6 nitrogen and oxygen atoms in total. The fraction of sp³-hybridized carbons (Fsp3) is 0.389. The zero-order chi connectivity index (χ0) is 17.8. The van der Waals surface area contributed by atoms with E-state index in [1.54, 1.807) is 0 Å². The van der Waals surface area contributed by atoms with E-state index in [0.29, 0.717) is 17.6 Å². The van der Waals surface area contributed by atoms with E-state index >= 15 is 0 Å². The Morgan fingerprint density at radius 3 is 2.84 bits per heavy atom. The molecular formula is C18H21FN4O2. The molecule has 0 saturated carbocycles. The summed E-state index contributed by atoms with van der Waals surface area (Å²) >= 11 is 0. The van der Waals surface area contributed by atoms with Crippen LogP contribution in [-0.2, 0) is 6.54 Å². The standard InChI is InChI=1S/C18H21FN4O2/c1-12-5-7-23(8-6-12)18-21-15(10-16(24)22-18)11-20-17(25)13-3-2-4-14(19)9-13/h2-4,9-10,12H,5-8,11H2,1H3,(H,20,25)(H,21,22,24). The van der Waals surface area contributed by atoms with Gasteiger partial charge in [0.25, 0.3) is 11.5 Å². The Labute approximate surface area is 145 Å². The SMILES string of the molecule is CC1CCN(c2nc(CNC(=O)c3cccc(F)c3)cc(=O)[nH]2)CC1. The lowest BCUT2D eigenvalue weighted by Gasteiger charge is -2.30. The average Bonchev–Trinajstić information content (AvgIpc) is 2.60. The van der Waals surface area contributed by atoms with E-state index in [1.807, 2.05) is 0 Å². The molecule has 1 aliphatic heterocycles. The molecule has 7 heteroatoms. The van der Waals surface area contributed by atoms with E-state index in [0.717, 1.165) is 25.9 Å². The highest BCUT2D eigenvalue weighted by atomic mass is 19.1.